The van der Waals surface area contributed by atoms with Gasteiger partial charge in [-0.25, -0.2) is 4.98 Å². The van der Waals surface area contributed by atoms with Crippen molar-refractivity contribution in [3.63, 3.8) is 0 Å². The molecule has 2 aliphatic carbocycles. The van der Waals surface area contributed by atoms with Crippen LogP contribution in [0.4, 0.5) is 0 Å². The zero-order chi connectivity index (χ0) is 15.0. The molecule has 1 atom stereocenters. The number of nitrogens with one attached hydrogen (secondary N) is 1. The number of aromatic nitrogens is 1. The second-order valence-corrected chi connectivity index (χ2v) is 8.56. The molecule has 0 radical (unpaired) electrons. The van der Waals surface area contributed by atoms with Gasteiger partial charge in [0, 0.05) is 29.5 Å². The molecule has 118 valence electrons. The van der Waals surface area contributed by atoms with Gasteiger partial charge in [0.1, 0.15) is 11.1 Å². The maximum Gasteiger partial charge on any atom is 0.122 e. The highest BCUT2D eigenvalue weighted by Crippen LogP contribution is 2.45. The average Bonchev–Trinajstić information content (AvgIpc) is 3.31. The van der Waals surface area contributed by atoms with Crippen molar-refractivity contribution >= 4 is 11.3 Å². The van der Waals surface area contributed by atoms with E-state index in [0.717, 1.165) is 19.2 Å². The van der Waals surface area contributed by atoms with E-state index in [1.807, 2.05) is 11.3 Å². The van der Waals surface area contributed by atoms with Crippen LogP contribution < -0.4 is 5.32 Å². The SMILES string of the molecule is CCOC(c1nc(C(C)(C)C)c(CNC2CC2)s1)C1CC1. The Bertz CT molecular complexity index is 483. The lowest BCUT2D eigenvalue weighted by atomic mass is 9.91. The van der Waals surface area contributed by atoms with E-state index in [4.69, 9.17) is 9.72 Å². The highest BCUT2D eigenvalue weighted by Gasteiger charge is 2.36. The van der Waals surface area contributed by atoms with Crippen molar-refractivity contribution in [1.29, 1.82) is 0 Å². The summed E-state index contributed by atoms with van der Waals surface area (Å²) in [6, 6.07) is 0.745. The summed E-state index contributed by atoms with van der Waals surface area (Å²) in [6.07, 6.45) is 5.49. The van der Waals surface area contributed by atoms with Crippen molar-refractivity contribution in [2.45, 2.75) is 77.5 Å². The Labute approximate surface area is 132 Å². The smallest absolute Gasteiger partial charge is 0.122 e. The minimum absolute atomic E-state index is 0.107. The Kier molecular flexibility index (Phi) is 4.40. The van der Waals surface area contributed by atoms with Gasteiger partial charge in [-0.2, -0.15) is 0 Å². The molecule has 1 unspecified atom stereocenters. The lowest BCUT2D eigenvalue weighted by Gasteiger charge is -2.18. The highest BCUT2D eigenvalue weighted by atomic mass is 32.1. The fraction of sp³-hybridized carbons (Fsp3) is 0.824. The van der Waals surface area contributed by atoms with E-state index < -0.39 is 0 Å². The van der Waals surface area contributed by atoms with Gasteiger partial charge in [-0.1, -0.05) is 20.8 Å². The fourth-order valence-electron chi connectivity index (χ4n) is 2.71. The third-order valence-corrected chi connectivity index (χ3v) is 5.31. The number of thiazole rings is 1. The number of hydrogen-bond acceptors (Lipinski definition) is 4. The maximum absolute atomic E-state index is 6.00. The van der Waals surface area contributed by atoms with Crippen LogP contribution in [0.1, 0.15) is 75.1 Å². The van der Waals surface area contributed by atoms with E-state index in [1.54, 1.807) is 0 Å². The third kappa shape index (κ3) is 3.85. The average molecular weight is 308 g/mol. The number of hydrogen-bond donors (Lipinski definition) is 1. The van der Waals surface area contributed by atoms with E-state index in [9.17, 15) is 0 Å². The van der Waals surface area contributed by atoms with Gasteiger partial charge in [-0.15, -0.1) is 11.3 Å². The van der Waals surface area contributed by atoms with Gasteiger partial charge in [-0.05, 0) is 38.5 Å². The van der Waals surface area contributed by atoms with E-state index in [1.165, 1.54) is 41.3 Å². The molecule has 3 nitrogen and oxygen atoms in total. The molecular formula is C17H28N2OS. The molecule has 0 aliphatic heterocycles. The molecule has 3 rings (SSSR count). The Morgan fingerprint density at radius 2 is 2.00 bits per heavy atom. The molecule has 1 aromatic rings. The molecule has 2 saturated carbocycles. The monoisotopic (exact) mass is 308 g/mol. The van der Waals surface area contributed by atoms with Crippen LogP contribution in [0, 0.1) is 5.92 Å². The molecule has 1 N–H and O–H groups in total. The first kappa shape index (κ1) is 15.4. The predicted molar refractivity (Wildman–Crippen MR) is 87.8 cm³/mol. The summed E-state index contributed by atoms with van der Waals surface area (Å²) >= 11 is 1.87. The zero-order valence-corrected chi connectivity index (χ0v) is 14.6. The molecule has 0 aromatic carbocycles. The molecule has 0 saturated heterocycles. The molecule has 0 spiro atoms. The molecule has 1 aromatic heterocycles. The Morgan fingerprint density at radius 1 is 1.29 bits per heavy atom. The Balaban J connectivity index is 1.82. The van der Waals surface area contributed by atoms with Crippen LogP contribution in [-0.4, -0.2) is 17.6 Å². The lowest BCUT2D eigenvalue weighted by molar-refractivity contribution is 0.0460. The molecule has 0 bridgehead atoms. The van der Waals surface area contributed by atoms with Gasteiger partial charge in [-0.3, -0.25) is 0 Å². The summed E-state index contributed by atoms with van der Waals surface area (Å²) in [5, 5.41) is 4.85. The number of ether oxygens (including phenoxy) is 1. The second kappa shape index (κ2) is 5.98. The van der Waals surface area contributed by atoms with Crippen molar-refractivity contribution in [2.24, 2.45) is 5.92 Å². The van der Waals surface area contributed by atoms with Gasteiger partial charge in [0.05, 0.1) is 5.69 Å². The molecular weight excluding hydrogens is 280 g/mol. The summed E-state index contributed by atoms with van der Waals surface area (Å²) in [6.45, 7) is 10.6. The minimum Gasteiger partial charge on any atom is -0.371 e. The summed E-state index contributed by atoms with van der Waals surface area (Å²) in [4.78, 5) is 6.43. The largest absolute Gasteiger partial charge is 0.371 e. The van der Waals surface area contributed by atoms with Crippen LogP contribution in [0.3, 0.4) is 0 Å². The van der Waals surface area contributed by atoms with Crippen molar-refractivity contribution in [3.05, 3.63) is 15.6 Å². The Hall–Kier alpha value is -0.450. The molecule has 1 heterocycles. The van der Waals surface area contributed by atoms with Crippen LogP contribution >= 0.6 is 11.3 Å². The Morgan fingerprint density at radius 3 is 2.52 bits per heavy atom. The van der Waals surface area contributed by atoms with E-state index in [-0.39, 0.29) is 11.5 Å². The van der Waals surface area contributed by atoms with Crippen molar-refractivity contribution in [3.8, 4) is 0 Å². The standard InChI is InChI=1S/C17H28N2OS/c1-5-20-14(11-6-7-11)16-19-15(17(2,3)4)13(21-16)10-18-12-8-9-12/h11-12,14,18H,5-10H2,1-4H3. The first-order chi connectivity index (χ1) is 9.99. The van der Waals surface area contributed by atoms with E-state index >= 15 is 0 Å². The van der Waals surface area contributed by atoms with Gasteiger partial charge in [0.2, 0.25) is 0 Å². The molecule has 0 amide bonds. The zero-order valence-electron chi connectivity index (χ0n) is 13.7. The first-order valence-electron chi connectivity index (χ1n) is 8.34. The summed E-state index contributed by atoms with van der Waals surface area (Å²) in [7, 11) is 0. The predicted octanol–water partition coefficient (Wildman–Crippen LogP) is 4.18. The van der Waals surface area contributed by atoms with E-state index in [2.05, 4.69) is 33.0 Å². The highest BCUT2D eigenvalue weighted by molar-refractivity contribution is 7.11. The number of rotatable bonds is 7. The quantitative estimate of drug-likeness (QED) is 0.820. The summed E-state index contributed by atoms with van der Waals surface area (Å²) < 4.78 is 6.00. The van der Waals surface area contributed by atoms with Crippen LogP contribution in [0.2, 0.25) is 0 Å². The van der Waals surface area contributed by atoms with Crippen LogP contribution in [-0.2, 0) is 16.7 Å². The van der Waals surface area contributed by atoms with Gasteiger partial charge < -0.3 is 10.1 Å². The molecule has 21 heavy (non-hydrogen) atoms. The van der Waals surface area contributed by atoms with Gasteiger partial charge in [0.15, 0.2) is 0 Å². The first-order valence-corrected chi connectivity index (χ1v) is 9.15. The molecule has 2 aliphatic rings. The normalized spacial score (nSPS) is 20.8. The van der Waals surface area contributed by atoms with Gasteiger partial charge >= 0.3 is 0 Å². The lowest BCUT2D eigenvalue weighted by Crippen LogP contribution is -2.20. The van der Waals surface area contributed by atoms with Crippen molar-refractivity contribution in [2.75, 3.05) is 6.61 Å². The van der Waals surface area contributed by atoms with Crippen molar-refractivity contribution in [1.82, 2.24) is 10.3 Å². The maximum atomic E-state index is 6.00. The minimum atomic E-state index is 0.107. The summed E-state index contributed by atoms with van der Waals surface area (Å²) in [5.74, 6) is 0.702. The molecule has 2 fully saturated rings. The second-order valence-electron chi connectivity index (χ2n) is 7.44. The molecule has 4 heteroatoms. The van der Waals surface area contributed by atoms with Gasteiger partial charge in [0.25, 0.3) is 0 Å². The van der Waals surface area contributed by atoms with Crippen LogP contribution in [0.5, 0.6) is 0 Å². The van der Waals surface area contributed by atoms with Crippen molar-refractivity contribution < 1.29 is 4.74 Å². The van der Waals surface area contributed by atoms with E-state index in [0.29, 0.717) is 5.92 Å². The van der Waals surface area contributed by atoms with Crippen LogP contribution in [0.15, 0.2) is 0 Å². The fourth-order valence-corrected chi connectivity index (χ4v) is 4.08. The summed E-state index contributed by atoms with van der Waals surface area (Å²) in [5.41, 5.74) is 1.37. The number of nitrogens with zero attached hydrogens (tertiary/aromatic N) is 1. The topological polar surface area (TPSA) is 34.1 Å². The van der Waals surface area contributed by atoms with Crippen LogP contribution in [0.25, 0.3) is 0 Å². The third-order valence-electron chi connectivity index (χ3n) is 4.19.